The van der Waals surface area contributed by atoms with Crippen molar-refractivity contribution in [3.8, 4) is 44.5 Å². The van der Waals surface area contributed by atoms with Crippen LogP contribution in [0.1, 0.15) is 149 Å². The highest BCUT2D eigenvalue weighted by molar-refractivity contribution is 9.10. The fourth-order valence-corrected chi connectivity index (χ4v) is 21.1. The number of nitrogens with zero attached hydrogens (tertiary/aromatic N) is 18. The standard InChI is InChI=1S/C29H32N8O4S.C27H28N8O4S.C23H27BrN6O3S.C23H29N7O3S/c1-4-30-27(40)36-28-35-22-15-18(14-21(23(22)42-28)34-24(38)20-8-6-7-11-31-20)19-16-32-26(33-17-19)37-12-9-29(3,10-13-37)25(39)41-5-2;1-3-28-25(39)34-26-33-20-13-16(12-19(21(20)40-26)32-22(36)18-6-4-5-9-29-18)17-14-30-24(31-15-17)35-10-7-27(2,8-11-35)23(37)38;2*1-4-25-21(32)29-22-28-17-11-14(10-16(24)18(17)34-22)15-12-26-20(27-13-15)30-8-6-23(3,7-9-30)19(31)33-5-2/h6-8,11,14-17H,4-5,9-10,12-13H2,1-3H3,(H,34,38)(H2,30,35,36,40);4-6,9,12-15H,3,7-8,10-11H2,1-2H3,(H,32,36)(H,37,38)(H2,28,33,34,39);10-13H,4-9H2,1-3H3,(H2,25,28,29,32);10-13H,4-9,24H2,1-3H3,(H2,25,28,29,32). The normalized spacial score (nSPS) is 14.8. The Morgan fingerprint density at radius 2 is 0.613 bits per heavy atom. The summed E-state index contributed by atoms with van der Waals surface area (Å²) in [5.74, 6) is 0.443. The zero-order valence-electron chi connectivity index (χ0n) is 84.5. The van der Waals surface area contributed by atoms with E-state index in [4.69, 9.17) is 19.9 Å². The number of carbonyl (C=O) groups is 10. The summed E-state index contributed by atoms with van der Waals surface area (Å²) < 4.78 is 19.8. The molecule has 150 heavy (non-hydrogen) atoms. The van der Waals surface area contributed by atoms with Gasteiger partial charge in [-0.1, -0.05) is 57.5 Å². The minimum atomic E-state index is -0.781. The van der Waals surface area contributed by atoms with E-state index in [0.717, 1.165) is 58.3 Å². The van der Waals surface area contributed by atoms with Crippen molar-refractivity contribution in [2.75, 3.05) is 156 Å². The van der Waals surface area contributed by atoms with Crippen LogP contribution in [0.3, 0.4) is 0 Å². The topological polar surface area (TPSA) is 558 Å². The molecule has 0 radical (unpaired) electrons. The number of pyridine rings is 2. The Labute approximate surface area is 887 Å². The van der Waals surface area contributed by atoms with Gasteiger partial charge < -0.3 is 76.6 Å². The molecule has 4 fully saturated rings. The van der Waals surface area contributed by atoms with Crippen LogP contribution in [0.25, 0.3) is 85.4 Å². The molecule has 4 aliphatic heterocycles. The van der Waals surface area contributed by atoms with E-state index < -0.39 is 27.6 Å². The first-order valence-corrected chi connectivity index (χ1v) is 53.1. The monoisotopic (exact) mass is 2180 g/mol. The highest BCUT2D eigenvalue weighted by atomic mass is 79.9. The van der Waals surface area contributed by atoms with Gasteiger partial charge in [-0.15, -0.1) is 0 Å². The molecule has 0 saturated carbocycles. The fourth-order valence-electron chi connectivity index (χ4n) is 16.8. The van der Waals surface area contributed by atoms with E-state index in [1.165, 1.54) is 45.3 Å². The van der Waals surface area contributed by atoms with Crippen LogP contribution >= 0.6 is 61.3 Å². The number of urea groups is 4. The van der Waals surface area contributed by atoms with Crippen molar-refractivity contribution in [2.24, 2.45) is 21.7 Å². The Balaban J connectivity index is 0.000000150. The molecular weight excluding hydrogens is 2060 g/mol. The molecule has 784 valence electrons. The van der Waals surface area contributed by atoms with Crippen molar-refractivity contribution in [1.29, 1.82) is 0 Å². The molecule has 4 aromatic carbocycles. The van der Waals surface area contributed by atoms with Crippen LogP contribution in [0.15, 0.2) is 151 Å². The number of carboxylic acids is 1. The maximum atomic E-state index is 13.0. The summed E-state index contributed by atoms with van der Waals surface area (Å²) in [6.07, 6.45) is 22.2. The number of nitrogens with one attached hydrogen (secondary N) is 10. The van der Waals surface area contributed by atoms with E-state index in [1.54, 1.807) is 105 Å². The summed E-state index contributed by atoms with van der Waals surface area (Å²) in [5, 5.41) is 38.9. The average Bonchev–Trinajstić information content (AvgIpc) is 1.61. The number of esters is 3. The third-order valence-electron chi connectivity index (χ3n) is 25.8. The first-order valence-electron chi connectivity index (χ1n) is 49.1. The molecule has 10 aromatic heterocycles. The number of nitrogens with two attached hydrogens (primary N) is 1. The Morgan fingerprint density at radius 1 is 0.347 bits per heavy atom. The molecule has 0 unspecified atom stereocenters. The van der Waals surface area contributed by atoms with Crippen molar-refractivity contribution in [2.45, 2.75) is 128 Å². The number of hydrogen-bond donors (Lipinski definition) is 12. The van der Waals surface area contributed by atoms with Gasteiger partial charge in [0.2, 0.25) is 23.8 Å². The molecule has 0 bridgehead atoms. The summed E-state index contributed by atoms with van der Waals surface area (Å²) in [6.45, 7) is 28.8. The van der Waals surface area contributed by atoms with Gasteiger partial charge in [0.1, 0.15) is 11.4 Å². The molecule has 14 aromatic rings. The predicted molar refractivity (Wildman–Crippen MR) is 586 cm³/mol. The van der Waals surface area contributed by atoms with E-state index in [2.05, 4.69) is 154 Å². The van der Waals surface area contributed by atoms with Crippen LogP contribution in [-0.4, -0.2) is 233 Å². The molecule has 0 aliphatic carbocycles. The van der Waals surface area contributed by atoms with Crippen molar-refractivity contribution in [3.05, 3.63) is 163 Å². The predicted octanol–water partition coefficient (Wildman–Crippen LogP) is 17.4. The molecule has 43 nitrogen and oxygen atoms in total. The van der Waals surface area contributed by atoms with Crippen molar-refractivity contribution in [1.82, 2.24) is 91.0 Å². The van der Waals surface area contributed by atoms with Gasteiger partial charge in [0.05, 0.1) is 99.4 Å². The maximum Gasteiger partial charge on any atom is 0.321 e. The van der Waals surface area contributed by atoms with E-state index >= 15 is 0 Å². The molecule has 13 N–H and O–H groups in total. The molecule has 4 aliphatic rings. The molecule has 18 rings (SSSR count). The number of carbonyl (C=O) groups excluding carboxylic acids is 9. The highest BCUT2D eigenvalue weighted by Crippen LogP contribution is 2.45. The number of fused-ring (bicyclic) bond motifs is 4. The zero-order chi connectivity index (χ0) is 107. The number of aliphatic carboxylic acids is 1. The van der Waals surface area contributed by atoms with Crippen LogP contribution in [0.4, 0.5) is 80.6 Å². The molecule has 0 spiro atoms. The lowest BCUT2D eigenvalue weighted by molar-refractivity contribution is -0.156. The smallest absolute Gasteiger partial charge is 0.321 e. The number of aromatic nitrogens is 14. The molecule has 4 saturated heterocycles. The lowest BCUT2D eigenvalue weighted by Gasteiger charge is -2.37. The first-order chi connectivity index (χ1) is 72.2. The third kappa shape index (κ3) is 26.6. The number of nitrogen functional groups attached to an aromatic ring is 1. The molecule has 48 heteroatoms. The second-order valence-electron chi connectivity index (χ2n) is 36.6. The minimum Gasteiger partial charge on any atom is -0.481 e. The summed E-state index contributed by atoms with van der Waals surface area (Å²) in [5.41, 5.74) is 15.3. The minimum absolute atomic E-state index is 0.127. The molecule has 10 amide bonds. The van der Waals surface area contributed by atoms with Crippen LogP contribution in [0, 0.1) is 21.7 Å². The Morgan fingerprint density at radius 3 is 0.893 bits per heavy atom. The third-order valence-corrected chi connectivity index (χ3v) is 30.8. The Kier molecular flexibility index (Phi) is 35.5. The molecular formula is C102H116BrN29O14S4. The van der Waals surface area contributed by atoms with Crippen molar-refractivity contribution in [3.63, 3.8) is 0 Å². The summed E-state index contributed by atoms with van der Waals surface area (Å²) in [4.78, 5) is 193. The zero-order valence-corrected chi connectivity index (χ0v) is 89.4. The quantitative estimate of drug-likeness (QED) is 0.0129. The average molecular weight is 2180 g/mol. The summed E-state index contributed by atoms with van der Waals surface area (Å²) in [6, 6.07) is 24.0. The van der Waals surface area contributed by atoms with Gasteiger partial charge in [0.15, 0.2) is 20.5 Å². The fraction of sp³-hybridized carbons (Fsp3) is 0.373. The molecule has 0 atom stereocenters. The van der Waals surface area contributed by atoms with Gasteiger partial charge >= 0.3 is 48.0 Å². The van der Waals surface area contributed by atoms with Gasteiger partial charge in [-0.05, 0) is 239 Å². The number of halogens is 1. The highest BCUT2D eigenvalue weighted by Gasteiger charge is 2.43. The number of benzene rings is 4. The van der Waals surface area contributed by atoms with E-state index in [0.29, 0.717) is 243 Å². The van der Waals surface area contributed by atoms with Gasteiger partial charge in [-0.3, -0.25) is 60.0 Å². The number of piperidine rings is 4. The summed E-state index contributed by atoms with van der Waals surface area (Å²) in [7, 11) is 0. The number of rotatable bonds is 27. The van der Waals surface area contributed by atoms with E-state index in [-0.39, 0.29) is 65.2 Å². The maximum absolute atomic E-state index is 13.0. The van der Waals surface area contributed by atoms with Crippen LogP contribution in [-0.2, 0) is 33.4 Å². The number of hydrogen-bond acceptors (Lipinski definition) is 36. The second-order valence-corrected chi connectivity index (χ2v) is 41.4. The second kappa shape index (κ2) is 49.1. The number of carboxylic acid groups (broad SMARTS) is 1. The van der Waals surface area contributed by atoms with Gasteiger partial charge in [0, 0.05) is 167 Å². The summed E-state index contributed by atoms with van der Waals surface area (Å²) >= 11 is 8.86. The Hall–Kier alpha value is -15.6. The lowest BCUT2D eigenvalue weighted by Crippen LogP contribution is -2.44. The van der Waals surface area contributed by atoms with Gasteiger partial charge in [-0.2, -0.15) is 0 Å². The Bertz CT molecular complexity index is 7020. The van der Waals surface area contributed by atoms with Gasteiger partial charge in [-0.25, -0.2) is 79.0 Å². The van der Waals surface area contributed by atoms with Crippen LogP contribution in [0.5, 0.6) is 0 Å². The number of ether oxygens (including phenoxy) is 3. The molecule has 14 heterocycles. The van der Waals surface area contributed by atoms with Crippen LogP contribution < -0.4 is 78.5 Å². The largest absolute Gasteiger partial charge is 0.481 e. The lowest BCUT2D eigenvalue weighted by atomic mass is 9.80. The number of thiazole rings is 4. The SMILES string of the molecule is CCNC(=O)Nc1nc2cc(-c3cnc(N4CCC(C)(C(=O)O)CC4)nc3)cc(NC(=O)c3ccccn3)c2s1.CCNC(=O)Nc1nc2cc(-c3cnc(N4CCC(C)(C(=O)OCC)CC4)nc3)cc(Br)c2s1.CCNC(=O)Nc1nc2cc(-c3cnc(N4CCC(C)(C(=O)OCC)CC4)nc3)cc(N)c2s1.CCNC(=O)Nc1nc2cc(-c3cnc(N4CCC(C)(C(=O)OCC)CC4)nc3)cc(NC(=O)c3ccccn3)c2s1. The number of anilines is 11. The van der Waals surface area contributed by atoms with Gasteiger partial charge in [0.25, 0.3) is 11.8 Å². The van der Waals surface area contributed by atoms with E-state index in [9.17, 15) is 53.1 Å². The van der Waals surface area contributed by atoms with Crippen molar-refractivity contribution < 1.29 is 67.3 Å². The van der Waals surface area contributed by atoms with Crippen molar-refractivity contribution >= 4 is 223 Å². The van der Waals surface area contributed by atoms with Crippen LogP contribution in [0.2, 0.25) is 0 Å². The van der Waals surface area contributed by atoms with E-state index in [1.807, 2.05) is 123 Å². The number of amides is 10. The first kappa shape index (κ1) is 109.